The van der Waals surface area contributed by atoms with E-state index < -0.39 is 18.1 Å². The van der Waals surface area contributed by atoms with Crippen molar-refractivity contribution < 1.29 is 14.3 Å². The summed E-state index contributed by atoms with van der Waals surface area (Å²) in [6, 6.07) is 32.3. The third-order valence-corrected chi connectivity index (χ3v) is 6.67. The number of carbonyl (C=O) groups excluding carboxylic acids is 2. The van der Waals surface area contributed by atoms with Crippen LogP contribution >= 0.6 is 0 Å². The van der Waals surface area contributed by atoms with E-state index in [0.717, 1.165) is 43.6 Å². The quantitative estimate of drug-likeness (QED) is 0.176. The van der Waals surface area contributed by atoms with Gasteiger partial charge in [-0.15, -0.1) is 0 Å². The van der Waals surface area contributed by atoms with Gasteiger partial charge in [-0.2, -0.15) is 0 Å². The van der Waals surface area contributed by atoms with Gasteiger partial charge >= 0.3 is 5.97 Å². The van der Waals surface area contributed by atoms with Crippen molar-refractivity contribution in [1.29, 1.82) is 0 Å². The molecule has 1 fully saturated rings. The van der Waals surface area contributed by atoms with Gasteiger partial charge < -0.3 is 4.74 Å². The van der Waals surface area contributed by atoms with Crippen LogP contribution in [0.5, 0.6) is 0 Å². The fourth-order valence-electron chi connectivity index (χ4n) is 5.06. The highest BCUT2D eigenvalue weighted by Crippen LogP contribution is 2.41. The summed E-state index contributed by atoms with van der Waals surface area (Å²) in [5.74, 6) is -0.678. The van der Waals surface area contributed by atoms with Crippen molar-refractivity contribution in [2.75, 3.05) is 4.90 Å². The number of hydrogen-bond acceptors (Lipinski definition) is 3. The number of fused-ring (bicyclic) bond motifs is 5. The van der Waals surface area contributed by atoms with Gasteiger partial charge in [-0.05, 0) is 38.6 Å². The molecule has 0 unspecified atom stereocenters. The highest BCUT2D eigenvalue weighted by atomic mass is 16.6. The molecule has 35 heavy (non-hydrogen) atoms. The minimum atomic E-state index is -0.838. The fourth-order valence-corrected chi connectivity index (χ4v) is 5.06. The van der Waals surface area contributed by atoms with Crippen molar-refractivity contribution in [3.8, 4) is 0 Å². The Hall–Kier alpha value is -4.44. The molecule has 0 aromatic heterocycles. The molecule has 1 heterocycles. The molecule has 0 radical (unpaired) electrons. The molecule has 0 aliphatic carbocycles. The van der Waals surface area contributed by atoms with E-state index in [1.54, 1.807) is 4.90 Å². The Morgan fingerprint density at radius 3 is 2.20 bits per heavy atom. The van der Waals surface area contributed by atoms with Crippen molar-refractivity contribution in [1.82, 2.24) is 0 Å². The number of esters is 1. The number of β-lactam (4-membered cyclic amide) rings is 1. The maximum atomic E-state index is 13.4. The number of amides is 1. The van der Waals surface area contributed by atoms with Crippen molar-refractivity contribution in [3.63, 3.8) is 0 Å². The zero-order valence-electron chi connectivity index (χ0n) is 19.2. The van der Waals surface area contributed by atoms with Crippen molar-refractivity contribution in [2.45, 2.75) is 19.1 Å². The van der Waals surface area contributed by atoms with E-state index in [-0.39, 0.29) is 5.91 Å². The van der Waals surface area contributed by atoms with Crippen LogP contribution in [0.3, 0.4) is 0 Å². The van der Waals surface area contributed by atoms with Gasteiger partial charge in [0.1, 0.15) is 6.04 Å². The molecular formula is C31H23NO3. The maximum absolute atomic E-state index is 13.4. The lowest BCUT2D eigenvalue weighted by Gasteiger charge is -2.45. The van der Waals surface area contributed by atoms with Gasteiger partial charge in [-0.25, -0.2) is 0 Å². The van der Waals surface area contributed by atoms with E-state index in [4.69, 9.17) is 4.74 Å². The summed E-state index contributed by atoms with van der Waals surface area (Å²) in [6.45, 7) is 1.34. The minimum absolute atomic E-state index is 0.215. The van der Waals surface area contributed by atoms with E-state index in [0.29, 0.717) is 0 Å². The molecule has 5 aromatic rings. The van der Waals surface area contributed by atoms with E-state index in [1.807, 2.05) is 72.8 Å². The highest BCUT2D eigenvalue weighted by molar-refractivity contribution is 6.23. The first-order valence-electron chi connectivity index (χ1n) is 11.7. The van der Waals surface area contributed by atoms with E-state index in [9.17, 15) is 9.59 Å². The molecule has 2 atom stereocenters. The number of nitrogens with zero attached hydrogens (tertiary/aromatic N) is 1. The molecule has 1 amide bonds. The highest BCUT2D eigenvalue weighted by Gasteiger charge is 2.49. The van der Waals surface area contributed by atoms with Crippen LogP contribution in [-0.2, 0) is 14.3 Å². The number of rotatable bonds is 4. The molecule has 1 aliphatic rings. The Morgan fingerprint density at radius 1 is 0.771 bits per heavy atom. The second-order valence-corrected chi connectivity index (χ2v) is 8.82. The lowest BCUT2D eigenvalue weighted by molar-refractivity contribution is -0.159. The summed E-state index contributed by atoms with van der Waals surface area (Å²) in [6.07, 6.45) is 3.08. The normalized spacial score (nSPS) is 17.9. The number of benzene rings is 5. The number of ether oxygens (including phenoxy) is 1. The van der Waals surface area contributed by atoms with Crippen molar-refractivity contribution in [2.24, 2.45) is 0 Å². The van der Waals surface area contributed by atoms with Gasteiger partial charge in [0.15, 0.2) is 0 Å². The summed E-state index contributed by atoms with van der Waals surface area (Å²) in [5.41, 5.74) is 1.84. The Morgan fingerprint density at radius 2 is 1.43 bits per heavy atom. The van der Waals surface area contributed by atoms with Crippen LogP contribution in [0.15, 0.2) is 103 Å². The van der Waals surface area contributed by atoms with Crippen LogP contribution in [0.2, 0.25) is 0 Å². The Balaban J connectivity index is 1.55. The summed E-state index contributed by atoms with van der Waals surface area (Å²) in [4.78, 5) is 26.9. The molecule has 170 valence electrons. The second-order valence-electron chi connectivity index (χ2n) is 8.82. The molecule has 0 N–H and O–H groups in total. The van der Waals surface area contributed by atoms with Crippen LogP contribution in [0.1, 0.15) is 12.5 Å². The summed E-state index contributed by atoms with van der Waals surface area (Å²) in [7, 11) is 0. The van der Waals surface area contributed by atoms with Crippen LogP contribution in [0, 0.1) is 0 Å². The molecule has 1 aliphatic heterocycles. The van der Waals surface area contributed by atoms with Crippen LogP contribution in [-0.4, -0.2) is 24.0 Å². The maximum Gasteiger partial charge on any atom is 0.303 e. The van der Waals surface area contributed by atoms with Crippen molar-refractivity contribution in [3.05, 3.63) is 109 Å². The largest absolute Gasteiger partial charge is 0.450 e. The zero-order chi connectivity index (χ0) is 23.9. The second kappa shape index (κ2) is 8.41. The average molecular weight is 458 g/mol. The van der Waals surface area contributed by atoms with Crippen LogP contribution < -0.4 is 4.90 Å². The monoisotopic (exact) mass is 457 g/mol. The Kier molecular flexibility index (Phi) is 5.07. The van der Waals surface area contributed by atoms with Crippen molar-refractivity contribution >= 4 is 56.0 Å². The summed E-state index contributed by atoms with van der Waals surface area (Å²) < 4.78 is 5.44. The van der Waals surface area contributed by atoms with Gasteiger partial charge in [0, 0.05) is 12.3 Å². The smallest absolute Gasteiger partial charge is 0.303 e. The van der Waals surface area contributed by atoms with Crippen LogP contribution in [0.25, 0.3) is 38.4 Å². The van der Waals surface area contributed by atoms with Gasteiger partial charge in [0.25, 0.3) is 5.91 Å². The molecule has 5 aromatic carbocycles. The Labute approximate surface area is 203 Å². The molecule has 0 bridgehead atoms. The standard InChI is InChI=1S/C31H23NO3/c1-20(33)35-30-28(18-15-21-9-3-2-4-10-21)32(31(30)34)29-19-27-23-12-6-5-11-22(23)16-17-25(27)24-13-7-8-14-26(24)29/h2-19,28,30H,1H3/b18-15+/t28-,30-/m0/s1. The van der Waals surface area contributed by atoms with Gasteiger partial charge in [-0.1, -0.05) is 103 Å². The molecule has 1 saturated heterocycles. The van der Waals surface area contributed by atoms with Gasteiger partial charge in [-0.3, -0.25) is 14.5 Å². The zero-order valence-corrected chi connectivity index (χ0v) is 19.2. The van der Waals surface area contributed by atoms with E-state index in [1.165, 1.54) is 6.92 Å². The van der Waals surface area contributed by atoms with Crippen LogP contribution in [0.4, 0.5) is 5.69 Å². The molecule has 4 nitrogen and oxygen atoms in total. The van der Waals surface area contributed by atoms with E-state index >= 15 is 0 Å². The summed E-state index contributed by atoms with van der Waals surface area (Å²) >= 11 is 0. The number of hydrogen-bond donors (Lipinski definition) is 0. The molecule has 0 saturated carbocycles. The Bertz CT molecular complexity index is 1640. The predicted molar refractivity (Wildman–Crippen MR) is 141 cm³/mol. The molecule has 4 heteroatoms. The minimum Gasteiger partial charge on any atom is -0.450 e. The fraction of sp³-hybridized carbons (Fsp3) is 0.0968. The topological polar surface area (TPSA) is 46.6 Å². The van der Waals surface area contributed by atoms with Gasteiger partial charge in [0.2, 0.25) is 6.10 Å². The molecule has 0 spiro atoms. The number of anilines is 1. The third kappa shape index (κ3) is 3.55. The first-order valence-corrected chi connectivity index (χ1v) is 11.7. The third-order valence-electron chi connectivity index (χ3n) is 6.67. The lowest BCUT2D eigenvalue weighted by atomic mass is 9.91. The predicted octanol–water partition coefficient (Wildman–Crippen LogP) is 6.51. The van der Waals surface area contributed by atoms with E-state index in [2.05, 4.69) is 36.4 Å². The molecular weight excluding hydrogens is 434 g/mol. The molecule has 6 rings (SSSR count). The lowest BCUT2D eigenvalue weighted by Crippen LogP contribution is -2.65. The number of carbonyl (C=O) groups is 2. The first kappa shape index (κ1) is 21.1. The SMILES string of the molecule is CC(=O)O[C@@H]1C(=O)N(c2cc3c4ccccc4ccc3c3ccccc23)[C@H]1/C=C/c1ccccc1. The summed E-state index contributed by atoms with van der Waals surface area (Å²) in [5, 5.41) is 6.59. The first-order chi connectivity index (χ1) is 17.1. The average Bonchev–Trinajstić information content (AvgIpc) is 2.89. The van der Waals surface area contributed by atoms with Gasteiger partial charge in [0.05, 0.1) is 5.69 Å².